The molecule has 0 radical (unpaired) electrons. The van der Waals surface area contributed by atoms with Crippen LogP contribution < -0.4 is 0 Å². The molecule has 0 heterocycles. The van der Waals surface area contributed by atoms with Crippen LogP contribution in [0.15, 0.2) is 46.4 Å². The highest BCUT2D eigenvalue weighted by atomic mass is 14.8. The molecular formula is C29H42N2. The van der Waals surface area contributed by atoms with E-state index < -0.39 is 0 Å². The van der Waals surface area contributed by atoms with Crippen molar-refractivity contribution >= 4 is 17.4 Å². The van der Waals surface area contributed by atoms with Gasteiger partial charge < -0.3 is 0 Å². The van der Waals surface area contributed by atoms with Gasteiger partial charge in [-0.05, 0) is 83.7 Å². The first kappa shape index (κ1) is 25.1. The van der Waals surface area contributed by atoms with Gasteiger partial charge in [-0.2, -0.15) is 9.98 Å². The highest BCUT2D eigenvalue weighted by Gasteiger charge is 2.09. The molecule has 0 atom stereocenters. The van der Waals surface area contributed by atoms with Gasteiger partial charge in [0, 0.05) is 0 Å². The molecule has 2 heteroatoms. The fourth-order valence-corrected chi connectivity index (χ4v) is 4.03. The summed E-state index contributed by atoms with van der Waals surface area (Å²) in [6.07, 6.45) is 4.25. The lowest BCUT2D eigenvalue weighted by Crippen LogP contribution is -1.99. The van der Waals surface area contributed by atoms with Crippen molar-refractivity contribution in [2.45, 2.75) is 81.1 Å². The fourth-order valence-electron chi connectivity index (χ4n) is 4.03. The smallest absolute Gasteiger partial charge is 0.100 e. The molecule has 0 unspecified atom stereocenters. The van der Waals surface area contributed by atoms with E-state index in [0.29, 0.717) is 23.7 Å². The maximum absolute atomic E-state index is 4.65. The van der Waals surface area contributed by atoms with E-state index in [2.05, 4.69) is 108 Å². The van der Waals surface area contributed by atoms with Gasteiger partial charge in [0.15, 0.2) is 0 Å². The molecule has 0 aliphatic rings. The summed E-state index contributed by atoms with van der Waals surface area (Å²) in [6.45, 7) is 18.1. The Morgan fingerprint density at radius 1 is 0.548 bits per heavy atom. The first-order valence-electron chi connectivity index (χ1n) is 12.0. The van der Waals surface area contributed by atoms with Gasteiger partial charge in [0.2, 0.25) is 0 Å². The first-order valence-corrected chi connectivity index (χ1v) is 12.0. The molecule has 0 aliphatic carbocycles. The van der Waals surface area contributed by atoms with Gasteiger partial charge in [0.05, 0.1) is 11.4 Å². The number of aliphatic imine (C=N–C) groups is 2. The fraction of sp³-hybridized carbons (Fsp3) is 0.552. The van der Waals surface area contributed by atoms with Crippen molar-refractivity contribution in [1.82, 2.24) is 0 Å². The molecule has 0 spiro atoms. The zero-order valence-corrected chi connectivity index (χ0v) is 21.0. The van der Waals surface area contributed by atoms with Gasteiger partial charge in [-0.1, -0.05) is 79.7 Å². The maximum Gasteiger partial charge on any atom is 0.100 e. The van der Waals surface area contributed by atoms with Crippen LogP contribution in [0.5, 0.6) is 0 Å². The van der Waals surface area contributed by atoms with Gasteiger partial charge in [-0.3, -0.25) is 0 Å². The van der Waals surface area contributed by atoms with Crippen LogP contribution in [0, 0.1) is 23.7 Å². The van der Waals surface area contributed by atoms with Crippen molar-refractivity contribution in [2.24, 2.45) is 33.7 Å². The Morgan fingerprint density at radius 2 is 0.903 bits per heavy atom. The molecule has 168 valence electrons. The van der Waals surface area contributed by atoms with Gasteiger partial charge in [-0.25, -0.2) is 0 Å². The highest BCUT2D eigenvalue weighted by Crippen LogP contribution is 2.27. The van der Waals surface area contributed by atoms with E-state index in [9.17, 15) is 0 Å². The lowest BCUT2D eigenvalue weighted by molar-refractivity contribution is 0.636. The van der Waals surface area contributed by atoms with E-state index in [-0.39, 0.29) is 0 Å². The minimum Gasteiger partial charge on any atom is -0.187 e. The Morgan fingerprint density at radius 3 is 1.23 bits per heavy atom. The van der Waals surface area contributed by atoms with Crippen LogP contribution in [-0.2, 0) is 25.7 Å². The van der Waals surface area contributed by atoms with Gasteiger partial charge in [-0.15, -0.1) is 0 Å². The second-order valence-electron chi connectivity index (χ2n) is 10.6. The summed E-state index contributed by atoms with van der Waals surface area (Å²) in [5, 5.41) is 0. The van der Waals surface area contributed by atoms with Crippen molar-refractivity contribution in [3.05, 3.63) is 58.7 Å². The van der Waals surface area contributed by atoms with E-state index >= 15 is 0 Å². The van der Waals surface area contributed by atoms with Crippen LogP contribution >= 0.6 is 0 Å². The quantitative estimate of drug-likeness (QED) is 0.345. The topological polar surface area (TPSA) is 24.7 Å². The third-order valence-corrected chi connectivity index (χ3v) is 5.17. The molecule has 0 amide bonds. The van der Waals surface area contributed by atoms with E-state index in [1.165, 1.54) is 22.3 Å². The van der Waals surface area contributed by atoms with Crippen molar-refractivity contribution in [1.29, 1.82) is 0 Å². The van der Waals surface area contributed by atoms with Crippen LogP contribution in [0.1, 0.15) is 77.6 Å². The van der Waals surface area contributed by atoms with E-state index in [0.717, 1.165) is 37.1 Å². The Kier molecular flexibility index (Phi) is 9.72. The van der Waals surface area contributed by atoms with Crippen LogP contribution in [0.2, 0.25) is 0 Å². The number of benzene rings is 2. The number of hydrogen-bond acceptors (Lipinski definition) is 2. The SMILES string of the molecule is CC(C)Cc1ccc(N=C=Nc2ccc(CC(C)C)cc2CC(C)C)c(CC(C)C)c1. The first-order chi connectivity index (χ1) is 14.6. The predicted molar refractivity (Wildman–Crippen MR) is 136 cm³/mol. The Balaban J connectivity index is 2.36. The average molecular weight is 419 g/mol. The van der Waals surface area contributed by atoms with Gasteiger partial charge in [0.1, 0.15) is 6.01 Å². The highest BCUT2D eigenvalue weighted by molar-refractivity contribution is 5.62. The van der Waals surface area contributed by atoms with Crippen molar-refractivity contribution in [2.75, 3.05) is 0 Å². The van der Waals surface area contributed by atoms with E-state index in [1.54, 1.807) is 0 Å². The summed E-state index contributed by atoms with van der Waals surface area (Å²) in [5.74, 6) is 2.49. The molecule has 0 aromatic heterocycles. The predicted octanol–water partition coefficient (Wildman–Crippen LogP) is 8.62. The zero-order chi connectivity index (χ0) is 23.0. The summed E-state index contributed by atoms with van der Waals surface area (Å²) >= 11 is 0. The zero-order valence-electron chi connectivity index (χ0n) is 21.0. The molecule has 0 N–H and O–H groups in total. The maximum atomic E-state index is 4.65. The molecule has 0 bridgehead atoms. The van der Waals surface area contributed by atoms with Crippen molar-refractivity contribution in [3.63, 3.8) is 0 Å². The van der Waals surface area contributed by atoms with Gasteiger partial charge in [0.25, 0.3) is 0 Å². The molecule has 2 aromatic carbocycles. The van der Waals surface area contributed by atoms with E-state index in [4.69, 9.17) is 0 Å². The molecule has 31 heavy (non-hydrogen) atoms. The summed E-state index contributed by atoms with van der Waals surface area (Å²) in [6, 6.07) is 16.3. The molecule has 0 fully saturated rings. The minimum absolute atomic E-state index is 0.589. The monoisotopic (exact) mass is 418 g/mol. The van der Waals surface area contributed by atoms with Crippen LogP contribution in [0.25, 0.3) is 0 Å². The van der Waals surface area contributed by atoms with Gasteiger partial charge >= 0.3 is 0 Å². The molecule has 2 rings (SSSR count). The Bertz CT molecular complexity index is 825. The molecule has 0 aliphatic heterocycles. The van der Waals surface area contributed by atoms with Crippen LogP contribution in [0.3, 0.4) is 0 Å². The standard InChI is InChI=1S/C29H42N2/c1-20(2)13-24-9-11-28(26(17-24)15-22(5)6)30-19-31-29-12-10-25(14-21(3)4)18-27(29)16-23(7)8/h9-12,17-18,20-23H,13-16H2,1-8H3. The largest absolute Gasteiger partial charge is 0.187 e. The lowest BCUT2D eigenvalue weighted by atomic mass is 9.95. The van der Waals surface area contributed by atoms with E-state index in [1.807, 2.05) is 0 Å². The summed E-state index contributed by atoms with van der Waals surface area (Å²) < 4.78 is 0. The Hall–Kier alpha value is -2.18. The lowest BCUT2D eigenvalue weighted by Gasteiger charge is -2.12. The average Bonchev–Trinajstić information content (AvgIpc) is 2.63. The van der Waals surface area contributed by atoms with Crippen LogP contribution in [0.4, 0.5) is 11.4 Å². The second-order valence-corrected chi connectivity index (χ2v) is 10.6. The number of nitrogens with zero attached hydrogens (tertiary/aromatic N) is 2. The van der Waals surface area contributed by atoms with Crippen molar-refractivity contribution in [3.8, 4) is 0 Å². The molecular weight excluding hydrogens is 376 g/mol. The summed E-state index contributed by atoms with van der Waals surface area (Å²) in [7, 11) is 0. The third kappa shape index (κ3) is 8.83. The molecule has 2 aromatic rings. The minimum atomic E-state index is 0.589. The van der Waals surface area contributed by atoms with Crippen molar-refractivity contribution < 1.29 is 0 Å². The normalized spacial score (nSPS) is 11.5. The molecule has 2 nitrogen and oxygen atoms in total. The van der Waals surface area contributed by atoms with Crippen LogP contribution in [-0.4, -0.2) is 6.01 Å². The third-order valence-electron chi connectivity index (χ3n) is 5.17. The summed E-state index contributed by atoms with van der Waals surface area (Å²) in [5.41, 5.74) is 7.36. The number of hydrogen-bond donors (Lipinski definition) is 0. The molecule has 0 saturated carbocycles. The second kappa shape index (κ2) is 12.0. The molecule has 0 saturated heterocycles. The summed E-state index contributed by atoms with van der Waals surface area (Å²) in [4.78, 5) is 9.30. The Labute approximate surface area is 190 Å². The number of rotatable bonds is 10.